The minimum atomic E-state index is -0.308. The molecule has 2 fully saturated rings. The lowest BCUT2D eigenvalue weighted by molar-refractivity contribution is 0.0574. The van der Waals surface area contributed by atoms with Crippen LogP contribution in [0.3, 0.4) is 0 Å². The number of aromatic nitrogens is 2. The van der Waals surface area contributed by atoms with Crippen molar-refractivity contribution >= 4 is 51.1 Å². The summed E-state index contributed by atoms with van der Waals surface area (Å²) in [5, 5.41) is 1.71. The number of nitrogens with zero attached hydrogens (tertiary/aromatic N) is 5. The molecule has 2 aliphatic rings. The minimum absolute atomic E-state index is 0.00296. The number of carbonyl (C=O) groups is 2. The number of hydrogen-bond acceptors (Lipinski definition) is 8. The van der Waals surface area contributed by atoms with Crippen molar-refractivity contribution in [2.45, 2.75) is 31.3 Å². The van der Waals surface area contributed by atoms with Crippen LogP contribution in [0.5, 0.6) is 0 Å². The van der Waals surface area contributed by atoms with Crippen molar-refractivity contribution in [2.24, 2.45) is 0 Å². The molecule has 0 aromatic carbocycles. The third kappa shape index (κ3) is 4.34. The van der Waals surface area contributed by atoms with Gasteiger partial charge >= 0.3 is 6.09 Å². The summed E-state index contributed by atoms with van der Waals surface area (Å²) in [6.07, 6.45) is 5.26. The molecule has 10 heteroatoms. The molecule has 0 bridgehead atoms. The van der Waals surface area contributed by atoms with E-state index in [2.05, 4.69) is 9.88 Å². The smallest absolute Gasteiger partial charge is 0.409 e. The Morgan fingerprint density at radius 2 is 1.77 bits per heavy atom. The van der Waals surface area contributed by atoms with Crippen molar-refractivity contribution in [3.05, 3.63) is 10.9 Å². The number of carbonyl (C=O) groups excluding carboxylic acids is 2. The molecule has 0 atom stereocenters. The number of piperazine rings is 1. The largest absolute Gasteiger partial charge is 0.450 e. The van der Waals surface area contributed by atoms with E-state index in [9.17, 15) is 9.59 Å². The Kier molecular flexibility index (Phi) is 6.62. The summed E-state index contributed by atoms with van der Waals surface area (Å²) in [7, 11) is 0. The maximum atomic E-state index is 13.1. The molecule has 0 N–H and O–H groups in total. The van der Waals surface area contributed by atoms with Gasteiger partial charge in [-0.25, -0.2) is 14.8 Å². The summed E-state index contributed by atoms with van der Waals surface area (Å²) in [6, 6.07) is 1.95. The second kappa shape index (κ2) is 9.38. The number of fused-ring (bicyclic) bond motifs is 1. The normalized spacial score (nSPS) is 17.5. The molecule has 2 saturated heterocycles. The fourth-order valence-corrected chi connectivity index (χ4v) is 5.31. The number of thiophene rings is 1. The molecule has 2 amide bonds. The number of ether oxygens (including phenoxy) is 1. The molecular weight excluding hydrogens is 422 g/mol. The molecule has 4 rings (SSSR count). The van der Waals surface area contributed by atoms with Crippen LogP contribution in [-0.4, -0.2) is 83.9 Å². The number of rotatable bonds is 4. The van der Waals surface area contributed by atoms with Crippen LogP contribution in [0.15, 0.2) is 11.2 Å². The van der Waals surface area contributed by atoms with Crippen LogP contribution in [0.25, 0.3) is 10.2 Å². The van der Waals surface area contributed by atoms with Gasteiger partial charge in [0.15, 0.2) is 5.16 Å². The van der Waals surface area contributed by atoms with Gasteiger partial charge in [-0.2, -0.15) is 0 Å². The lowest BCUT2D eigenvalue weighted by atomic mass is 10.1. The van der Waals surface area contributed by atoms with Gasteiger partial charge in [-0.15, -0.1) is 11.3 Å². The van der Waals surface area contributed by atoms with Crippen LogP contribution in [0.4, 0.5) is 10.6 Å². The molecule has 0 spiro atoms. The fraction of sp³-hybridized carbons (Fsp3) is 0.600. The van der Waals surface area contributed by atoms with E-state index in [1.807, 2.05) is 17.2 Å². The SMILES string of the molecule is CCOC(=O)N1CCN(C(=O)c2cc3c(N4CCCCC4)nc(SC)nc3s2)CC1. The summed E-state index contributed by atoms with van der Waals surface area (Å²) >= 11 is 2.96. The zero-order valence-corrected chi connectivity index (χ0v) is 19.1. The molecule has 8 nitrogen and oxygen atoms in total. The Hall–Kier alpha value is -2.07. The van der Waals surface area contributed by atoms with E-state index in [1.165, 1.54) is 42.4 Å². The Morgan fingerprint density at radius 3 is 2.43 bits per heavy atom. The topological polar surface area (TPSA) is 78.9 Å². The van der Waals surface area contributed by atoms with Crippen molar-refractivity contribution in [2.75, 3.05) is 57.0 Å². The van der Waals surface area contributed by atoms with Crippen molar-refractivity contribution in [1.82, 2.24) is 19.8 Å². The van der Waals surface area contributed by atoms with Crippen LogP contribution in [0, 0.1) is 0 Å². The number of hydrogen-bond donors (Lipinski definition) is 0. The van der Waals surface area contributed by atoms with Crippen LogP contribution in [0.1, 0.15) is 35.9 Å². The van der Waals surface area contributed by atoms with Crippen molar-refractivity contribution in [3.63, 3.8) is 0 Å². The van der Waals surface area contributed by atoms with E-state index >= 15 is 0 Å². The maximum absolute atomic E-state index is 13.1. The molecule has 2 aliphatic heterocycles. The van der Waals surface area contributed by atoms with Crippen molar-refractivity contribution in [3.8, 4) is 0 Å². The summed E-state index contributed by atoms with van der Waals surface area (Å²) < 4.78 is 5.06. The van der Waals surface area contributed by atoms with Crippen molar-refractivity contribution < 1.29 is 14.3 Å². The molecule has 4 heterocycles. The number of thioether (sulfide) groups is 1. The monoisotopic (exact) mass is 449 g/mol. The molecule has 162 valence electrons. The van der Waals surface area contributed by atoms with Gasteiger partial charge < -0.3 is 19.4 Å². The van der Waals surface area contributed by atoms with Crippen LogP contribution in [0.2, 0.25) is 0 Å². The summed E-state index contributed by atoms with van der Waals surface area (Å²) in [4.78, 5) is 41.8. The molecule has 0 radical (unpaired) electrons. The van der Waals surface area contributed by atoms with Crippen LogP contribution >= 0.6 is 23.1 Å². The fourth-order valence-electron chi connectivity index (χ4n) is 3.89. The van der Waals surface area contributed by atoms with Gasteiger partial charge in [-0.3, -0.25) is 4.79 Å². The first-order valence-corrected chi connectivity index (χ1v) is 12.5. The predicted octanol–water partition coefficient (Wildman–Crippen LogP) is 3.32. The van der Waals surface area contributed by atoms with E-state index < -0.39 is 0 Å². The first kappa shape index (κ1) is 21.2. The summed E-state index contributed by atoms with van der Waals surface area (Å²) in [5.74, 6) is 0.947. The molecule has 2 aromatic heterocycles. The second-order valence-electron chi connectivity index (χ2n) is 7.39. The minimum Gasteiger partial charge on any atom is -0.450 e. The predicted molar refractivity (Wildman–Crippen MR) is 120 cm³/mol. The average molecular weight is 450 g/mol. The van der Waals surface area contributed by atoms with Gasteiger partial charge in [0.25, 0.3) is 5.91 Å². The molecular formula is C20H27N5O3S2. The van der Waals surface area contributed by atoms with Gasteiger partial charge in [-0.1, -0.05) is 11.8 Å². The molecule has 30 heavy (non-hydrogen) atoms. The average Bonchev–Trinajstić information content (AvgIpc) is 3.23. The van der Waals surface area contributed by atoms with E-state index in [4.69, 9.17) is 9.72 Å². The Balaban J connectivity index is 1.54. The van der Waals surface area contributed by atoms with Crippen LogP contribution < -0.4 is 4.90 Å². The summed E-state index contributed by atoms with van der Waals surface area (Å²) in [5.41, 5.74) is 0. The lowest BCUT2D eigenvalue weighted by Gasteiger charge is -2.33. The molecule has 0 unspecified atom stereocenters. The van der Waals surface area contributed by atoms with E-state index in [0.717, 1.165) is 34.3 Å². The van der Waals surface area contributed by atoms with Gasteiger partial charge in [-0.05, 0) is 38.5 Å². The lowest BCUT2D eigenvalue weighted by Crippen LogP contribution is -2.50. The highest BCUT2D eigenvalue weighted by Crippen LogP contribution is 2.34. The van der Waals surface area contributed by atoms with Crippen molar-refractivity contribution in [1.29, 1.82) is 0 Å². The van der Waals surface area contributed by atoms with Gasteiger partial charge in [0.1, 0.15) is 10.6 Å². The van der Waals surface area contributed by atoms with E-state index in [0.29, 0.717) is 37.7 Å². The third-order valence-corrected chi connectivity index (χ3v) is 7.06. The number of anilines is 1. The van der Waals surface area contributed by atoms with Crippen LogP contribution in [-0.2, 0) is 4.74 Å². The molecule has 2 aromatic rings. The summed E-state index contributed by atoms with van der Waals surface area (Å²) in [6.45, 7) is 6.14. The standard InChI is InChI=1S/C20H27N5O3S2/c1-3-28-20(27)25-11-9-24(10-12-25)18(26)15-13-14-16(23-7-5-4-6-8-23)21-19(29-2)22-17(14)30-15/h13H,3-12H2,1-2H3. The quantitative estimate of drug-likeness (QED) is 0.523. The highest BCUT2D eigenvalue weighted by Gasteiger charge is 2.27. The first-order chi connectivity index (χ1) is 14.6. The van der Waals surface area contributed by atoms with Gasteiger partial charge in [0.2, 0.25) is 0 Å². The number of piperidine rings is 1. The zero-order chi connectivity index (χ0) is 21.1. The molecule has 0 aliphatic carbocycles. The Bertz CT molecular complexity index is 921. The molecule has 0 saturated carbocycles. The Morgan fingerprint density at radius 1 is 1.07 bits per heavy atom. The first-order valence-electron chi connectivity index (χ1n) is 10.4. The Labute approximate surface area is 184 Å². The van der Waals surface area contributed by atoms with Gasteiger partial charge in [0, 0.05) is 39.3 Å². The second-order valence-corrected chi connectivity index (χ2v) is 9.19. The number of amides is 2. The van der Waals surface area contributed by atoms with E-state index in [-0.39, 0.29) is 12.0 Å². The van der Waals surface area contributed by atoms with Gasteiger partial charge in [0.05, 0.1) is 16.9 Å². The zero-order valence-electron chi connectivity index (χ0n) is 17.4. The highest BCUT2D eigenvalue weighted by atomic mass is 32.2. The highest BCUT2D eigenvalue weighted by molar-refractivity contribution is 7.98. The third-order valence-electron chi connectivity index (χ3n) is 5.49. The maximum Gasteiger partial charge on any atom is 0.409 e. The van der Waals surface area contributed by atoms with E-state index in [1.54, 1.807) is 11.8 Å².